The average molecular weight is 482 g/mol. The van der Waals surface area contributed by atoms with Crippen LogP contribution in [0.5, 0.6) is 0 Å². The van der Waals surface area contributed by atoms with Gasteiger partial charge >= 0.3 is 11.3 Å². The summed E-state index contributed by atoms with van der Waals surface area (Å²) in [4.78, 5) is 47.9. The molecule has 0 spiro atoms. The van der Waals surface area contributed by atoms with Crippen LogP contribution in [0.4, 0.5) is 15.3 Å². The molecule has 33 heavy (non-hydrogen) atoms. The highest BCUT2D eigenvalue weighted by molar-refractivity contribution is 8.12. The third-order valence-electron chi connectivity index (χ3n) is 4.72. The van der Waals surface area contributed by atoms with Gasteiger partial charge in [-0.05, 0) is 61.0 Å². The fourth-order valence-electron chi connectivity index (χ4n) is 3.01. The van der Waals surface area contributed by atoms with Crippen molar-refractivity contribution in [3.05, 3.63) is 29.8 Å². The Kier molecular flexibility index (Phi) is 12.9. The normalized spacial score (nSPS) is 12.5. The van der Waals surface area contributed by atoms with Gasteiger partial charge < -0.3 is 31.7 Å². The second-order valence-corrected chi connectivity index (χ2v) is 8.44. The van der Waals surface area contributed by atoms with Gasteiger partial charge in [0.15, 0.2) is 0 Å². The van der Waals surface area contributed by atoms with Crippen molar-refractivity contribution >= 4 is 40.6 Å². The number of urea groups is 1. The molecule has 0 radical (unpaired) electrons. The number of primary amides is 1. The van der Waals surface area contributed by atoms with Crippen molar-refractivity contribution in [3.63, 3.8) is 0 Å². The third-order valence-corrected chi connectivity index (χ3v) is 5.17. The molecule has 2 atom stereocenters. The average Bonchev–Trinajstić information content (AvgIpc) is 2.78. The number of nitrogens with one attached hydrogen (secondary N) is 4. The van der Waals surface area contributed by atoms with Gasteiger partial charge in [0.1, 0.15) is 12.6 Å². The fourth-order valence-corrected chi connectivity index (χ4v) is 3.19. The smallest absolute Gasteiger partial charge is 0.367 e. The molecule has 0 saturated carbocycles. The van der Waals surface area contributed by atoms with Crippen LogP contribution in [-0.4, -0.2) is 54.6 Å². The van der Waals surface area contributed by atoms with Gasteiger partial charge in [-0.3, -0.25) is 9.59 Å². The molecule has 0 aliphatic heterocycles. The highest BCUT2D eigenvalue weighted by atomic mass is 32.2. The van der Waals surface area contributed by atoms with E-state index in [2.05, 4.69) is 21.3 Å². The summed E-state index contributed by atoms with van der Waals surface area (Å²) in [5.41, 5.74) is 6.40. The molecule has 0 aliphatic carbocycles. The molecule has 1 aromatic carbocycles. The van der Waals surface area contributed by atoms with Gasteiger partial charge in [0.05, 0.1) is 6.04 Å². The summed E-state index contributed by atoms with van der Waals surface area (Å²) in [6, 6.07) is 5.01. The Labute approximate surface area is 199 Å². The van der Waals surface area contributed by atoms with Crippen LogP contribution in [0, 0.1) is 5.92 Å². The van der Waals surface area contributed by atoms with E-state index in [1.54, 1.807) is 30.5 Å². The van der Waals surface area contributed by atoms with E-state index < -0.39 is 18.1 Å². The number of rotatable bonds is 13. The Morgan fingerprint density at radius 2 is 1.76 bits per heavy atom. The van der Waals surface area contributed by atoms with E-state index in [4.69, 9.17) is 10.5 Å². The SMILES string of the molecule is CCN[C@H](C(=O)N[C@@H](CCCNC(N)=O)C(=O)Nc1ccc(COC(=O)SC)cc1)C(C)C. The molecule has 0 bridgehead atoms. The second kappa shape index (κ2) is 15.1. The first-order valence-electron chi connectivity index (χ1n) is 10.9. The number of benzene rings is 1. The van der Waals surface area contributed by atoms with E-state index in [9.17, 15) is 19.2 Å². The summed E-state index contributed by atoms with van der Waals surface area (Å²) < 4.78 is 5.06. The maximum atomic E-state index is 12.9. The van der Waals surface area contributed by atoms with Gasteiger partial charge in [-0.2, -0.15) is 0 Å². The minimum atomic E-state index is -0.797. The van der Waals surface area contributed by atoms with Crippen molar-refractivity contribution in [2.45, 2.75) is 52.3 Å². The Morgan fingerprint density at radius 3 is 2.30 bits per heavy atom. The number of hydrogen-bond acceptors (Lipinski definition) is 7. The predicted molar refractivity (Wildman–Crippen MR) is 130 cm³/mol. The number of thioether (sulfide) groups is 1. The van der Waals surface area contributed by atoms with Gasteiger partial charge in [0, 0.05) is 12.2 Å². The molecule has 11 heteroatoms. The number of anilines is 1. The molecule has 1 rings (SSSR count). The predicted octanol–water partition coefficient (Wildman–Crippen LogP) is 2.19. The molecular weight excluding hydrogens is 446 g/mol. The maximum absolute atomic E-state index is 12.9. The first kappa shape index (κ1) is 28.2. The minimum absolute atomic E-state index is 0.0398. The van der Waals surface area contributed by atoms with Crippen LogP contribution in [0.1, 0.15) is 39.2 Å². The van der Waals surface area contributed by atoms with Crippen molar-refractivity contribution in [3.8, 4) is 0 Å². The molecule has 0 aromatic heterocycles. The monoisotopic (exact) mass is 481 g/mol. The summed E-state index contributed by atoms with van der Waals surface area (Å²) in [5.74, 6) is -0.596. The van der Waals surface area contributed by atoms with Crippen molar-refractivity contribution in [2.75, 3.05) is 24.7 Å². The van der Waals surface area contributed by atoms with Crippen LogP contribution in [0.3, 0.4) is 0 Å². The van der Waals surface area contributed by atoms with Gasteiger partial charge in [-0.15, -0.1) is 0 Å². The molecule has 184 valence electrons. The van der Waals surface area contributed by atoms with E-state index in [1.165, 1.54) is 0 Å². The number of amides is 4. The van der Waals surface area contributed by atoms with Crippen molar-refractivity contribution in [1.82, 2.24) is 16.0 Å². The standard InChI is InChI=1S/C22H35N5O5S/c1-5-24-18(14(2)3)20(29)27-17(7-6-12-25-21(23)30)19(28)26-16-10-8-15(9-11-16)13-32-22(31)33-4/h8-11,14,17-18,24H,5-7,12-13H2,1-4H3,(H,26,28)(H,27,29)(H3,23,25,30)/t17-,18-/m0/s1. The summed E-state index contributed by atoms with van der Waals surface area (Å²) >= 11 is 0.993. The van der Waals surface area contributed by atoms with Gasteiger partial charge in [-0.1, -0.05) is 32.9 Å². The van der Waals surface area contributed by atoms with E-state index in [-0.39, 0.29) is 29.6 Å². The Bertz CT molecular complexity index is 788. The molecular formula is C22H35N5O5S. The fraction of sp³-hybridized carbons (Fsp3) is 0.545. The van der Waals surface area contributed by atoms with Gasteiger partial charge in [0.2, 0.25) is 11.8 Å². The van der Waals surface area contributed by atoms with Gasteiger partial charge in [-0.25, -0.2) is 9.59 Å². The number of nitrogens with two attached hydrogens (primary N) is 1. The lowest BCUT2D eigenvalue weighted by molar-refractivity contribution is -0.128. The Hall–Kier alpha value is -2.79. The van der Waals surface area contributed by atoms with Gasteiger partial charge in [0.25, 0.3) is 0 Å². The van der Waals surface area contributed by atoms with E-state index in [0.717, 1.165) is 17.3 Å². The molecule has 0 saturated heterocycles. The zero-order chi connectivity index (χ0) is 24.8. The molecule has 0 aliphatic rings. The largest absolute Gasteiger partial charge is 0.453 e. The molecule has 10 nitrogen and oxygen atoms in total. The van der Waals surface area contributed by atoms with Crippen LogP contribution >= 0.6 is 11.8 Å². The van der Waals surface area contributed by atoms with Crippen LogP contribution in [0.15, 0.2) is 24.3 Å². The maximum Gasteiger partial charge on any atom is 0.367 e. The first-order valence-corrected chi connectivity index (χ1v) is 12.1. The number of carbonyl (C=O) groups is 4. The van der Waals surface area contributed by atoms with Crippen LogP contribution in [0.25, 0.3) is 0 Å². The Balaban J connectivity index is 2.81. The zero-order valence-electron chi connectivity index (χ0n) is 19.6. The second-order valence-electron chi connectivity index (χ2n) is 7.70. The highest BCUT2D eigenvalue weighted by Gasteiger charge is 2.27. The van der Waals surface area contributed by atoms with Crippen LogP contribution in [-0.2, 0) is 20.9 Å². The summed E-state index contributed by atoms with van der Waals surface area (Å²) in [7, 11) is 0. The lowest BCUT2D eigenvalue weighted by atomic mass is 10.0. The summed E-state index contributed by atoms with van der Waals surface area (Å²) in [5, 5.41) is 10.9. The first-order chi connectivity index (χ1) is 15.7. The summed E-state index contributed by atoms with van der Waals surface area (Å²) in [6.45, 7) is 6.82. The van der Waals surface area contributed by atoms with E-state index >= 15 is 0 Å². The zero-order valence-corrected chi connectivity index (χ0v) is 20.4. The summed E-state index contributed by atoms with van der Waals surface area (Å²) in [6.07, 6.45) is 2.41. The molecule has 0 fully saturated rings. The molecule has 6 N–H and O–H groups in total. The Morgan fingerprint density at radius 1 is 1.09 bits per heavy atom. The van der Waals surface area contributed by atoms with E-state index in [0.29, 0.717) is 31.6 Å². The van der Waals surface area contributed by atoms with Crippen molar-refractivity contribution < 1.29 is 23.9 Å². The number of likely N-dealkylation sites (N-methyl/N-ethyl adjacent to an activating group) is 1. The number of ether oxygens (including phenoxy) is 1. The lowest BCUT2D eigenvalue weighted by Gasteiger charge is -2.25. The highest BCUT2D eigenvalue weighted by Crippen LogP contribution is 2.13. The number of carbonyl (C=O) groups excluding carboxylic acids is 4. The van der Waals surface area contributed by atoms with Crippen molar-refractivity contribution in [1.29, 1.82) is 0 Å². The van der Waals surface area contributed by atoms with Crippen molar-refractivity contribution in [2.24, 2.45) is 11.7 Å². The topological polar surface area (TPSA) is 152 Å². The minimum Gasteiger partial charge on any atom is -0.453 e. The van der Waals surface area contributed by atoms with Crippen LogP contribution in [0.2, 0.25) is 0 Å². The van der Waals surface area contributed by atoms with Crippen LogP contribution < -0.4 is 27.0 Å². The molecule has 4 amide bonds. The molecule has 0 heterocycles. The molecule has 1 aromatic rings. The van der Waals surface area contributed by atoms with E-state index in [1.807, 2.05) is 20.8 Å². The number of hydrogen-bond donors (Lipinski definition) is 5. The molecule has 0 unspecified atom stereocenters. The third kappa shape index (κ3) is 11.1. The lowest BCUT2D eigenvalue weighted by Crippen LogP contribution is -2.53. The quantitative estimate of drug-likeness (QED) is 0.214.